The number of nitro benzene ring substituents is 1. The van der Waals surface area contributed by atoms with Gasteiger partial charge in [-0.2, -0.15) is 0 Å². The first-order valence-corrected chi connectivity index (χ1v) is 6.05. The Hall–Kier alpha value is -2.90. The molecule has 1 aliphatic rings. The summed E-state index contributed by atoms with van der Waals surface area (Å²) in [4.78, 5) is 33.8. The number of rotatable bonds is 3. The van der Waals surface area contributed by atoms with Crippen molar-refractivity contribution in [2.75, 3.05) is 7.11 Å². The largest absolute Gasteiger partial charge is 0.466 e. The van der Waals surface area contributed by atoms with Crippen molar-refractivity contribution in [2.45, 2.75) is 13.0 Å². The lowest BCUT2D eigenvalue weighted by Crippen LogP contribution is -2.45. The third-order valence-corrected chi connectivity index (χ3v) is 3.09. The van der Waals surface area contributed by atoms with Gasteiger partial charge in [0.1, 0.15) is 0 Å². The summed E-state index contributed by atoms with van der Waals surface area (Å²) in [6, 6.07) is 4.45. The summed E-state index contributed by atoms with van der Waals surface area (Å²) in [5, 5.41) is 15.9. The number of nitrogens with one attached hydrogen (secondary N) is 2. The van der Waals surface area contributed by atoms with Crippen LogP contribution in [0.2, 0.25) is 0 Å². The highest BCUT2D eigenvalue weighted by atomic mass is 16.6. The molecule has 0 aromatic heterocycles. The van der Waals surface area contributed by atoms with Crippen LogP contribution in [0.3, 0.4) is 0 Å². The molecule has 2 rings (SSSR count). The summed E-state index contributed by atoms with van der Waals surface area (Å²) in [5.41, 5.74) is 0.862. The summed E-state index contributed by atoms with van der Waals surface area (Å²) in [6.07, 6.45) is 0. The van der Waals surface area contributed by atoms with Crippen LogP contribution in [-0.4, -0.2) is 24.0 Å². The van der Waals surface area contributed by atoms with Crippen LogP contribution in [0.25, 0.3) is 0 Å². The molecule has 0 spiro atoms. The van der Waals surface area contributed by atoms with E-state index in [1.807, 2.05) is 0 Å². The second-order valence-corrected chi connectivity index (χ2v) is 4.41. The van der Waals surface area contributed by atoms with Gasteiger partial charge >= 0.3 is 12.0 Å². The lowest BCUT2D eigenvalue weighted by Gasteiger charge is -2.27. The van der Waals surface area contributed by atoms with Gasteiger partial charge < -0.3 is 15.4 Å². The molecule has 0 radical (unpaired) electrons. The normalized spacial score (nSPS) is 17.8. The van der Waals surface area contributed by atoms with Crippen molar-refractivity contribution in [2.24, 2.45) is 0 Å². The number of esters is 1. The minimum atomic E-state index is -0.800. The summed E-state index contributed by atoms with van der Waals surface area (Å²) < 4.78 is 4.70. The molecule has 0 saturated carbocycles. The molecule has 8 heteroatoms. The van der Waals surface area contributed by atoms with E-state index in [1.165, 1.54) is 25.3 Å². The lowest BCUT2D eigenvalue weighted by molar-refractivity contribution is -0.384. The maximum Gasteiger partial charge on any atom is 0.337 e. The van der Waals surface area contributed by atoms with Crippen molar-refractivity contribution < 1.29 is 19.2 Å². The monoisotopic (exact) mass is 291 g/mol. The number of urea groups is 1. The topological polar surface area (TPSA) is 111 Å². The fourth-order valence-electron chi connectivity index (χ4n) is 2.14. The van der Waals surface area contributed by atoms with Crippen molar-refractivity contribution >= 4 is 17.7 Å². The predicted molar refractivity (Wildman–Crippen MR) is 72.2 cm³/mol. The first kappa shape index (κ1) is 14.5. The number of nitrogens with zero attached hydrogens (tertiary/aromatic N) is 1. The highest BCUT2D eigenvalue weighted by molar-refractivity contribution is 5.94. The van der Waals surface area contributed by atoms with E-state index < -0.39 is 23.0 Å². The van der Waals surface area contributed by atoms with Crippen molar-refractivity contribution in [1.29, 1.82) is 0 Å². The van der Waals surface area contributed by atoms with Crippen molar-refractivity contribution in [1.82, 2.24) is 10.6 Å². The number of hydrogen-bond acceptors (Lipinski definition) is 5. The van der Waals surface area contributed by atoms with Crippen LogP contribution in [0, 0.1) is 10.1 Å². The van der Waals surface area contributed by atoms with Crippen LogP contribution < -0.4 is 10.6 Å². The first-order valence-electron chi connectivity index (χ1n) is 6.05. The van der Waals surface area contributed by atoms with Crippen LogP contribution in [0.4, 0.5) is 10.5 Å². The molecule has 1 aromatic rings. The smallest absolute Gasteiger partial charge is 0.337 e. The maximum atomic E-state index is 11.9. The Morgan fingerprint density at radius 1 is 1.43 bits per heavy atom. The summed E-state index contributed by atoms with van der Waals surface area (Å²) >= 11 is 0. The van der Waals surface area contributed by atoms with Crippen LogP contribution in [0.1, 0.15) is 18.5 Å². The average Bonchev–Trinajstić information content (AvgIpc) is 2.45. The summed E-state index contributed by atoms with van der Waals surface area (Å²) in [5.74, 6) is -0.614. The van der Waals surface area contributed by atoms with E-state index in [4.69, 9.17) is 4.74 Å². The first-order chi connectivity index (χ1) is 9.93. The second-order valence-electron chi connectivity index (χ2n) is 4.41. The molecule has 1 heterocycles. The van der Waals surface area contributed by atoms with Gasteiger partial charge in [-0.05, 0) is 12.5 Å². The molecule has 1 aliphatic heterocycles. The third-order valence-electron chi connectivity index (χ3n) is 3.09. The van der Waals surface area contributed by atoms with Gasteiger partial charge in [-0.15, -0.1) is 0 Å². The van der Waals surface area contributed by atoms with Gasteiger partial charge in [-0.1, -0.05) is 12.1 Å². The molecule has 0 saturated heterocycles. The molecule has 2 amide bonds. The van der Waals surface area contributed by atoms with Crippen molar-refractivity contribution in [3.8, 4) is 0 Å². The highest BCUT2D eigenvalue weighted by Crippen LogP contribution is 2.29. The standard InChI is InChI=1S/C13H13N3O5/c1-7-10(12(17)21-2)11(15-13(18)14-7)8-4-3-5-9(6-8)16(19)20/h3-6,11H,1-2H3,(H2,14,15,18). The molecule has 110 valence electrons. The quantitative estimate of drug-likeness (QED) is 0.496. The number of ether oxygens (including phenoxy) is 1. The van der Waals surface area contributed by atoms with Gasteiger partial charge in [0.2, 0.25) is 0 Å². The van der Waals surface area contributed by atoms with Gasteiger partial charge in [-0.3, -0.25) is 10.1 Å². The van der Waals surface area contributed by atoms with Crippen LogP contribution in [0.5, 0.6) is 0 Å². The second kappa shape index (κ2) is 5.61. The number of carbonyl (C=O) groups excluding carboxylic acids is 2. The Kier molecular flexibility index (Phi) is 3.88. The number of nitro groups is 1. The third kappa shape index (κ3) is 2.83. The molecule has 0 fully saturated rings. The van der Waals surface area contributed by atoms with E-state index in [1.54, 1.807) is 13.0 Å². The number of non-ortho nitro benzene ring substituents is 1. The number of amides is 2. The van der Waals surface area contributed by atoms with E-state index in [0.29, 0.717) is 11.3 Å². The zero-order valence-electron chi connectivity index (χ0n) is 11.4. The number of carbonyl (C=O) groups is 2. The SMILES string of the molecule is COC(=O)C1=C(C)NC(=O)NC1c1cccc([N+](=O)[O-])c1. The van der Waals surface area contributed by atoms with E-state index in [-0.39, 0.29) is 11.3 Å². The van der Waals surface area contributed by atoms with E-state index in [0.717, 1.165) is 0 Å². The zero-order chi connectivity index (χ0) is 15.6. The molecular formula is C13H13N3O5. The Bertz CT molecular complexity index is 653. The molecule has 21 heavy (non-hydrogen) atoms. The van der Waals surface area contributed by atoms with E-state index in [9.17, 15) is 19.7 Å². The molecule has 0 bridgehead atoms. The van der Waals surface area contributed by atoms with E-state index >= 15 is 0 Å². The minimum absolute atomic E-state index is 0.123. The van der Waals surface area contributed by atoms with Crippen LogP contribution >= 0.6 is 0 Å². The number of benzene rings is 1. The Morgan fingerprint density at radius 2 is 2.14 bits per heavy atom. The maximum absolute atomic E-state index is 11.9. The summed E-state index contributed by atoms with van der Waals surface area (Å²) in [7, 11) is 1.23. The Morgan fingerprint density at radius 3 is 2.76 bits per heavy atom. The van der Waals surface area contributed by atoms with Crippen LogP contribution in [-0.2, 0) is 9.53 Å². The van der Waals surface area contributed by atoms with Gasteiger partial charge in [0.25, 0.3) is 5.69 Å². The predicted octanol–water partition coefficient (Wildman–Crippen LogP) is 1.40. The fraction of sp³-hybridized carbons (Fsp3) is 0.231. The Balaban J connectivity index is 2.51. The molecular weight excluding hydrogens is 278 g/mol. The van der Waals surface area contributed by atoms with Crippen LogP contribution in [0.15, 0.2) is 35.5 Å². The van der Waals surface area contributed by atoms with Gasteiger partial charge in [0.05, 0.1) is 23.6 Å². The molecule has 1 aromatic carbocycles. The minimum Gasteiger partial charge on any atom is -0.466 e. The van der Waals surface area contributed by atoms with Gasteiger partial charge in [0.15, 0.2) is 0 Å². The highest BCUT2D eigenvalue weighted by Gasteiger charge is 2.32. The molecule has 1 unspecified atom stereocenters. The summed E-state index contributed by atoms with van der Waals surface area (Å²) in [6.45, 7) is 1.56. The number of allylic oxidation sites excluding steroid dienone is 1. The average molecular weight is 291 g/mol. The molecule has 1 atom stereocenters. The molecule has 8 nitrogen and oxygen atoms in total. The number of hydrogen-bond donors (Lipinski definition) is 2. The zero-order valence-corrected chi connectivity index (χ0v) is 11.4. The lowest BCUT2D eigenvalue weighted by atomic mass is 9.95. The fourth-order valence-corrected chi connectivity index (χ4v) is 2.14. The van der Waals surface area contributed by atoms with Crippen molar-refractivity contribution in [3.05, 3.63) is 51.2 Å². The van der Waals surface area contributed by atoms with E-state index in [2.05, 4.69) is 10.6 Å². The molecule has 0 aliphatic carbocycles. The van der Waals surface area contributed by atoms with Crippen molar-refractivity contribution in [3.63, 3.8) is 0 Å². The molecule has 2 N–H and O–H groups in total. The number of methoxy groups -OCH3 is 1. The Labute approximate surface area is 119 Å². The van der Waals surface area contributed by atoms with Gasteiger partial charge in [0, 0.05) is 17.8 Å². The van der Waals surface area contributed by atoms with Gasteiger partial charge in [-0.25, -0.2) is 9.59 Å².